The van der Waals surface area contributed by atoms with Gasteiger partial charge in [-0.05, 0) is 18.4 Å². The first-order valence-corrected chi connectivity index (χ1v) is 6.18. The van der Waals surface area contributed by atoms with Gasteiger partial charge in [0.25, 0.3) is 0 Å². The van der Waals surface area contributed by atoms with Crippen LogP contribution in [0.2, 0.25) is 0 Å². The van der Waals surface area contributed by atoms with Crippen LogP contribution in [0.4, 0.5) is 0 Å². The molecule has 0 radical (unpaired) electrons. The van der Waals surface area contributed by atoms with E-state index in [4.69, 9.17) is 14.6 Å². The molecule has 2 rings (SSSR count). The molecule has 0 aromatic heterocycles. The minimum atomic E-state index is -0.917. The Bertz CT molecular complexity index is 323. The molecule has 4 heteroatoms. The molecule has 2 N–H and O–H groups in total. The number of hydrogen-bond donors (Lipinski definition) is 2. The number of ether oxygens (including phenoxy) is 2. The molecule has 0 aromatic carbocycles. The van der Waals surface area contributed by atoms with Gasteiger partial charge in [0.05, 0.1) is 19.3 Å². The Kier molecular flexibility index (Phi) is 3.99. The molecule has 3 atom stereocenters. The first-order chi connectivity index (χ1) is 8.22. The Morgan fingerprint density at radius 2 is 2.35 bits per heavy atom. The zero-order valence-corrected chi connectivity index (χ0v) is 10.1. The van der Waals surface area contributed by atoms with Crippen molar-refractivity contribution >= 4 is 0 Å². The van der Waals surface area contributed by atoms with Crippen molar-refractivity contribution in [3.63, 3.8) is 0 Å². The predicted octanol–water partition coefficient (Wildman–Crippen LogP) is 1.14. The SMILES string of the molecule is CC/C=C/C=C1\CO[C@@]2(CC[C@@H](CO)O2)[C@@H]1O. The van der Waals surface area contributed by atoms with Crippen LogP contribution in [-0.4, -0.2) is 41.4 Å². The molecule has 0 aromatic rings. The lowest BCUT2D eigenvalue weighted by Crippen LogP contribution is -2.40. The van der Waals surface area contributed by atoms with Gasteiger partial charge in [0.1, 0.15) is 6.10 Å². The molecule has 0 bridgehead atoms. The lowest BCUT2D eigenvalue weighted by Gasteiger charge is -2.26. The van der Waals surface area contributed by atoms with Gasteiger partial charge in [0, 0.05) is 6.42 Å². The number of rotatable bonds is 3. The van der Waals surface area contributed by atoms with Crippen molar-refractivity contribution in [2.75, 3.05) is 13.2 Å². The second-order valence-electron chi connectivity index (χ2n) is 4.54. The van der Waals surface area contributed by atoms with Gasteiger partial charge in [-0.15, -0.1) is 0 Å². The Balaban J connectivity index is 2.05. The summed E-state index contributed by atoms with van der Waals surface area (Å²) in [5, 5.41) is 19.3. The maximum Gasteiger partial charge on any atom is 0.199 e. The molecule has 0 aliphatic carbocycles. The Hall–Kier alpha value is -0.680. The van der Waals surface area contributed by atoms with Crippen molar-refractivity contribution in [3.8, 4) is 0 Å². The van der Waals surface area contributed by atoms with E-state index >= 15 is 0 Å². The smallest absolute Gasteiger partial charge is 0.199 e. The molecule has 1 spiro atoms. The topological polar surface area (TPSA) is 58.9 Å². The highest BCUT2D eigenvalue weighted by Crippen LogP contribution is 2.41. The molecule has 2 fully saturated rings. The van der Waals surface area contributed by atoms with E-state index < -0.39 is 11.9 Å². The average Bonchev–Trinajstić information content (AvgIpc) is 2.89. The normalized spacial score (nSPS) is 40.1. The lowest BCUT2D eigenvalue weighted by molar-refractivity contribution is -0.237. The van der Waals surface area contributed by atoms with Gasteiger partial charge in [-0.3, -0.25) is 0 Å². The van der Waals surface area contributed by atoms with Gasteiger partial charge in [-0.2, -0.15) is 0 Å². The maximum atomic E-state index is 10.2. The highest BCUT2D eigenvalue weighted by molar-refractivity contribution is 5.23. The molecular weight excluding hydrogens is 220 g/mol. The molecule has 96 valence electrons. The first-order valence-electron chi connectivity index (χ1n) is 6.18. The van der Waals surface area contributed by atoms with Crippen LogP contribution in [0.25, 0.3) is 0 Å². The van der Waals surface area contributed by atoms with E-state index in [2.05, 4.69) is 6.92 Å². The summed E-state index contributed by atoms with van der Waals surface area (Å²) in [6.07, 6.45) is 7.24. The fourth-order valence-corrected chi connectivity index (χ4v) is 2.31. The maximum absolute atomic E-state index is 10.2. The molecular formula is C13H20O4. The fourth-order valence-electron chi connectivity index (χ4n) is 2.31. The van der Waals surface area contributed by atoms with Gasteiger partial charge in [-0.1, -0.05) is 25.2 Å². The van der Waals surface area contributed by atoms with Gasteiger partial charge >= 0.3 is 0 Å². The third kappa shape index (κ3) is 2.45. The zero-order valence-electron chi connectivity index (χ0n) is 10.1. The largest absolute Gasteiger partial charge is 0.394 e. The molecule has 0 amide bonds. The number of hydrogen-bond acceptors (Lipinski definition) is 4. The molecule has 4 nitrogen and oxygen atoms in total. The number of aliphatic hydroxyl groups is 2. The Morgan fingerprint density at radius 1 is 1.53 bits per heavy atom. The van der Waals surface area contributed by atoms with Gasteiger partial charge in [0.2, 0.25) is 0 Å². The van der Waals surface area contributed by atoms with Crippen LogP contribution >= 0.6 is 0 Å². The standard InChI is InChI=1S/C13H20O4/c1-2-3-4-5-10-9-16-13(12(10)15)7-6-11(8-14)17-13/h3-5,11-12,14-15H,2,6-9H2,1H3/b4-3+,10-5+/t11-,12+,13+/m0/s1. The first kappa shape index (κ1) is 12.8. The summed E-state index contributed by atoms with van der Waals surface area (Å²) >= 11 is 0. The van der Waals surface area contributed by atoms with Crippen LogP contribution < -0.4 is 0 Å². The van der Waals surface area contributed by atoms with Crippen LogP contribution in [-0.2, 0) is 9.47 Å². The summed E-state index contributed by atoms with van der Waals surface area (Å²) in [6, 6.07) is 0. The molecule has 2 saturated heterocycles. The summed E-state index contributed by atoms with van der Waals surface area (Å²) < 4.78 is 11.2. The summed E-state index contributed by atoms with van der Waals surface area (Å²) in [7, 11) is 0. The lowest BCUT2D eigenvalue weighted by atomic mass is 10.0. The van der Waals surface area contributed by atoms with Gasteiger partial charge in [-0.25, -0.2) is 0 Å². The summed E-state index contributed by atoms with van der Waals surface area (Å²) in [4.78, 5) is 0. The average molecular weight is 240 g/mol. The van der Waals surface area contributed by atoms with Crippen molar-refractivity contribution in [2.24, 2.45) is 0 Å². The van der Waals surface area contributed by atoms with E-state index in [1.165, 1.54) is 0 Å². The minimum Gasteiger partial charge on any atom is -0.394 e. The van der Waals surface area contributed by atoms with Crippen molar-refractivity contribution < 1.29 is 19.7 Å². The van der Waals surface area contributed by atoms with Crippen LogP contribution in [0.5, 0.6) is 0 Å². The van der Waals surface area contributed by atoms with Crippen molar-refractivity contribution in [1.29, 1.82) is 0 Å². The molecule has 0 unspecified atom stereocenters. The van der Waals surface area contributed by atoms with Crippen LogP contribution in [0.3, 0.4) is 0 Å². The van der Waals surface area contributed by atoms with Crippen molar-refractivity contribution in [1.82, 2.24) is 0 Å². The second kappa shape index (κ2) is 5.31. The van der Waals surface area contributed by atoms with Gasteiger partial charge in [0.15, 0.2) is 5.79 Å². The summed E-state index contributed by atoms with van der Waals surface area (Å²) in [6.45, 7) is 2.43. The minimum absolute atomic E-state index is 0.0212. The monoisotopic (exact) mass is 240 g/mol. The summed E-state index contributed by atoms with van der Waals surface area (Å²) in [5.41, 5.74) is 0.841. The van der Waals surface area contributed by atoms with E-state index in [1.54, 1.807) is 0 Å². The third-order valence-corrected chi connectivity index (χ3v) is 3.32. The van der Waals surface area contributed by atoms with Gasteiger partial charge < -0.3 is 19.7 Å². The number of aliphatic hydroxyl groups excluding tert-OH is 2. The van der Waals surface area contributed by atoms with Crippen LogP contribution in [0.15, 0.2) is 23.8 Å². The Labute approximate surface area is 102 Å². The van der Waals surface area contributed by atoms with Crippen molar-refractivity contribution in [2.45, 2.75) is 44.2 Å². The van der Waals surface area contributed by atoms with E-state index in [9.17, 15) is 5.11 Å². The van der Waals surface area contributed by atoms with E-state index in [1.807, 2.05) is 18.2 Å². The molecule has 2 heterocycles. The van der Waals surface area contributed by atoms with Crippen LogP contribution in [0, 0.1) is 0 Å². The predicted molar refractivity (Wildman–Crippen MR) is 63.4 cm³/mol. The zero-order chi connectivity index (χ0) is 12.3. The quantitative estimate of drug-likeness (QED) is 0.776. The van der Waals surface area contributed by atoms with E-state index in [0.717, 1.165) is 18.4 Å². The summed E-state index contributed by atoms with van der Waals surface area (Å²) in [5.74, 6) is -0.917. The molecule has 0 saturated carbocycles. The Morgan fingerprint density at radius 3 is 3.00 bits per heavy atom. The molecule has 2 aliphatic heterocycles. The van der Waals surface area contributed by atoms with Crippen LogP contribution in [0.1, 0.15) is 26.2 Å². The van der Waals surface area contributed by atoms with E-state index in [0.29, 0.717) is 13.0 Å². The highest BCUT2D eigenvalue weighted by atomic mass is 16.7. The second-order valence-corrected chi connectivity index (χ2v) is 4.54. The molecule has 17 heavy (non-hydrogen) atoms. The number of allylic oxidation sites excluding steroid dienone is 3. The van der Waals surface area contributed by atoms with Crippen molar-refractivity contribution in [3.05, 3.63) is 23.8 Å². The fraction of sp³-hybridized carbons (Fsp3) is 0.692. The third-order valence-electron chi connectivity index (χ3n) is 3.32. The molecule has 2 aliphatic rings. The highest BCUT2D eigenvalue weighted by Gasteiger charge is 2.52. The van der Waals surface area contributed by atoms with E-state index in [-0.39, 0.29) is 12.7 Å².